The first-order valence-electron chi connectivity index (χ1n) is 13.9. The van der Waals surface area contributed by atoms with Gasteiger partial charge in [0.2, 0.25) is 5.91 Å². The lowest BCUT2D eigenvalue weighted by Crippen LogP contribution is -2.53. The minimum Gasteiger partial charge on any atom is -0.480 e. The highest BCUT2D eigenvalue weighted by Crippen LogP contribution is 2.14. The van der Waals surface area contributed by atoms with Gasteiger partial charge >= 0.3 is 12.1 Å². The number of ether oxygens (including phenoxy) is 1. The summed E-state index contributed by atoms with van der Waals surface area (Å²) in [5.41, 5.74) is 4.09. The Bertz CT molecular complexity index is 1040. The first kappa shape index (κ1) is 35.0. The molecule has 0 radical (unpaired) electrons. The van der Waals surface area contributed by atoms with E-state index in [1.165, 1.54) is 28.5 Å². The van der Waals surface area contributed by atoms with Gasteiger partial charge in [0.25, 0.3) is 0 Å². The number of allylic oxidation sites excluding steroid dienone is 5. The topological polar surface area (TPSA) is 105 Å². The number of carbonyl (C=O) groups is 3. The van der Waals surface area contributed by atoms with Crippen molar-refractivity contribution in [3.8, 4) is 0 Å². The van der Waals surface area contributed by atoms with E-state index in [9.17, 15) is 19.5 Å². The van der Waals surface area contributed by atoms with Crippen LogP contribution >= 0.6 is 11.8 Å². The van der Waals surface area contributed by atoms with E-state index in [0.717, 1.165) is 31.2 Å². The lowest BCUT2D eigenvalue weighted by molar-refractivity contribution is -0.141. The highest BCUT2D eigenvalue weighted by atomic mass is 32.2. The van der Waals surface area contributed by atoms with Gasteiger partial charge in [0, 0.05) is 17.9 Å². The number of hydrogen-bond donors (Lipinski definition) is 3. The van der Waals surface area contributed by atoms with Gasteiger partial charge in [0.15, 0.2) is 0 Å². The number of carboxylic acid groups (broad SMARTS) is 1. The molecule has 0 unspecified atom stereocenters. The Hall–Kier alpha value is -3.00. The SMILES string of the molecule is CC(C)=CCC/C(C)=C/CC/C(C)=C/CSC[C@H](NC(=O)[C@H](Cc1ccccc1)NC(=O)OC(C)(C)C)C(=O)O. The summed E-state index contributed by atoms with van der Waals surface area (Å²) in [6.45, 7) is 13.7. The lowest BCUT2D eigenvalue weighted by Gasteiger charge is -2.24. The molecule has 1 aromatic rings. The molecule has 40 heavy (non-hydrogen) atoms. The molecule has 0 aliphatic heterocycles. The average Bonchev–Trinajstić information content (AvgIpc) is 2.84. The molecule has 0 fully saturated rings. The summed E-state index contributed by atoms with van der Waals surface area (Å²) in [7, 11) is 0. The number of hydrogen-bond acceptors (Lipinski definition) is 5. The number of amides is 2. The van der Waals surface area contributed by atoms with Crippen LogP contribution in [0.1, 0.15) is 79.7 Å². The Morgan fingerprint density at radius 1 is 0.900 bits per heavy atom. The molecular formula is C32H48N2O5S. The summed E-state index contributed by atoms with van der Waals surface area (Å²) in [6.07, 6.45) is 10.2. The predicted octanol–water partition coefficient (Wildman–Crippen LogP) is 6.84. The van der Waals surface area contributed by atoms with Gasteiger partial charge in [0.05, 0.1) is 0 Å². The fourth-order valence-corrected chi connectivity index (χ4v) is 4.68. The molecule has 7 nitrogen and oxygen atoms in total. The van der Waals surface area contributed by atoms with Crippen LogP contribution in [-0.2, 0) is 20.7 Å². The van der Waals surface area contributed by atoms with Gasteiger partial charge in [-0.3, -0.25) is 4.79 Å². The third kappa shape index (κ3) is 16.9. The van der Waals surface area contributed by atoms with E-state index in [4.69, 9.17) is 4.74 Å². The van der Waals surface area contributed by atoms with Crippen LogP contribution in [0.15, 0.2) is 65.3 Å². The van der Waals surface area contributed by atoms with Gasteiger partial charge in [-0.1, -0.05) is 65.3 Å². The van der Waals surface area contributed by atoms with Crippen molar-refractivity contribution in [3.63, 3.8) is 0 Å². The zero-order valence-corrected chi connectivity index (χ0v) is 26.0. The fraction of sp³-hybridized carbons (Fsp3) is 0.531. The van der Waals surface area contributed by atoms with Crippen molar-refractivity contribution in [2.45, 2.75) is 98.3 Å². The number of alkyl carbamates (subject to hydrolysis) is 1. The van der Waals surface area contributed by atoms with Crippen LogP contribution in [0.2, 0.25) is 0 Å². The predicted molar refractivity (Wildman–Crippen MR) is 166 cm³/mol. The molecule has 1 rings (SSSR count). The van der Waals surface area contributed by atoms with E-state index in [1.54, 1.807) is 20.8 Å². The Labute approximate surface area is 244 Å². The number of carboxylic acids is 1. The third-order valence-electron chi connectivity index (χ3n) is 5.86. The van der Waals surface area contributed by atoms with Crippen LogP contribution in [0, 0.1) is 0 Å². The first-order chi connectivity index (χ1) is 18.8. The molecule has 2 atom stereocenters. The van der Waals surface area contributed by atoms with Gasteiger partial charge in [-0.2, -0.15) is 11.8 Å². The number of nitrogens with one attached hydrogen (secondary N) is 2. The van der Waals surface area contributed by atoms with Crippen LogP contribution in [0.5, 0.6) is 0 Å². The second-order valence-electron chi connectivity index (χ2n) is 11.3. The molecule has 0 saturated heterocycles. The average molecular weight is 573 g/mol. The van der Waals surface area contributed by atoms with E-state index >= 15 is 0 Å². The summed E-state index contributed by atoms with van der Waals surface area (Å²) in [6, 6.07) is 7.16. The molecular weight excluding hydrogens is 524 g/mol. The maximum Gasteiger partial charge on any atom is 0.408 e. The van der Waals surface area contributed by atoms with Gasteiger partial charge in [-0.25, -0.2) is 9.59 Å². The molecule has 0 bridgehead atoms. The van der Waals surface area contributed by atoms with Gasteiger partial charge in [-0.05, 0) is 79.7 Å². The Kier molecular flexibility index (Phi) is 16.1. The maximum atomic E-state index is 13.1. The van der Waals surface area contributed by atoms with Crippen LogP contribution < -0.4 is 10.6 Å². The minimum absolute atomic E-state index is 0.205. The van der Waals surface area contributed by atoms with E-state index < -0.39 is 35.7 Å². The molecule has 222 valence electrons. The summed E-state index contributed by atoms with van der Waals surface area (Å²) in [5.74, 6) is -0.830. The summed E-state index contributed by atoms with van der Waals surface area (Å²) < 4.78 is 5.31. The van der Waals surface area contributed by atoms with Crippen molar-refractivity contribution in [3.05, 3.63) is 70.8 Å². The van der Waals surface area contributed by atoms with Crippen molar-refractivity contribution in [2.75, 3.05) is 11.5 Å². The van der Waals surface area contributed by atoms with Crippen LogP contribution in [-0.4, -0.2) is 52.3 Å². The van der Waals surface area contributed by atoms with Crippen LogP contribution in [0.3, 0.4) is 0 Å². The van der Waals surface area contributed by atoms with Gasteiger partial charge < -0.3 is 20.5 Å². The minimum atomic E-state index is -1.12. The summed E-state index contributed by atoms with van der Waals surface area (Å²) in [4.78, 5) is 37.4. The van der Waals surface area contributed by atoms with Crippen LogP contribution in [0.25, 0.3) is 0 Å². The van der Waals surface area contributed by atoms with Gasteiger partial charge in [-0.15, -0.1) is 0 Å². The zero-order valence-electron chi connectivity index (χ0n) is 25.2. The standard InChI is InChI=1S/C32H48N2O5S/c1-23(2)13-11-14-24(3)15-12-16-25(4)19-20-40-22-28(30(36)37)33-29(35)27(21-26-17-9-8-10-18-26)34-31(38)39-32(5,6)7/h8-10,13,15,17-19,27-28H,11-12,14,16,20-22H2,1-7H3,(H,33,35)(H,34,38)(H,36,37)/b24-15+,25-19+/t27-,28-/m0/s1. The molecule has 2 amide bonds. The van der Waals surface area contributed by atoms with E-state index in [1.807, 2.05) is 30.3 Å². The van der Waals surface area contributed by atoms with Crippen molar-refractivity contribution in [1.29, 1.82) is 0 Å². The molecule has 0 aliphatic rings. The number of thioether (sulfide) groups is 1. The number of benzene rings is 1. The summed E-state index contributed by atoms with van der Waals surface area (Å²) in [5, 5.41) is 14.9. The monoisotopic (exact) mass is 572 g/mol. The lowest BCUT2D eigenvalue weighted by atomic mass is 10.1. The van der Waals surface area contributed by atoms with Gasteiger partial charge in [0.1, 0.15) is 17.7 Å². The first-order valence-corrected chi connectivity index (χ1v) is 15.0. The largest absolute Gasteiger partial charge is 0.480 e. The van der Waals surface area contributed by atoms with E-state index in [-0.39, 0.29) is 12.2 Å². The molecule has 0 aliphatic carbocycles. The molecule has 0 saturated carbocycles. The Morgan fingerprint density at radius 2 is 1.50 bits per heavy atom. The number of carbonyl (C=O) groups excluding carboxylic acids is 2. The molecule has 8 heteroatoms. The second kappa shape index (κ2) is 18.4. The normalized spacial score (nSPS) is 13.7. The summed E-state index contributed by atoms with van der Waals surface area (Å²) >= 11 is 1.45. The number of aliphatic carboxylic acids is 1. The zero-order chi connectivity index (χ0) is 30.1. The van der Waals surface area contributed by atoms with Crippen molar-refractivity contribution in [1.82, 2.24) is 10.6 Å². The smallest absolute Gasteiger partial charge is 0.408 e. The highest BCUT2D eigenvalue weighted by Gasteiger charge is 2.28. The fourth-order valence-electron chi connectivity index (χ4n) is 3.68. The molecule has 0 heterocycles. The third-order valence-corrected chi connectivity index (χ3v) is 6.83. The van der Waals surface area contributed by atoms with Crippen molar-refractivity contribution < 1.29 is 24.2 Å². The maximum absolute atomic E-state index is 13.1. The van der Waals surface area contributed by atoms with Crippen molar-refractivity contribution >= 4 is 29.7 Å². The second-order valence-corrected chi connectivity index (χ2v) is 12.4. The highest BCUT2D eigenvalue weighted by molar-refractivity contribution is 7.99. The van der Waals surface area contributed by atoms with E-state index in [2.05, 4.69) is 56.6 Å². The van der Waals surface area contributed by atoms with Crippen LogP contribution in [0.4, 0.5) is 4.79 Å². The number of rotatable bonds is 16. The quantitative estimate of drug-likeness (QED) is 0.148. The molecule has 0 aromatic heterocycles. The van der Waals surface area contributed by atoms with Crippen molar-refractivity contribution in [2.24, 2.45) is 0 Å². The Morgan fingerprint density at radius 3 is 2.08 bits per heavy atom. The van der Waals surface area contributed by atoms with E-state index in [0.29, 0.717) is 5.75 Å². The molecule has 1 aromatic carbocycles. The molecule has 3 N–H and O–H groups in total. The molecule has 0 spiro atoms. The Balaban J connectivity index is 2.66.